The molecule has 2 atom stereocenters. The second-order valence-corrected chi connectivity index (χ2v) is 8.17. The number of rotatable bonds is 7. The number of carbonyl (C=O) groups is 2. The molecule has 0 unspecified atom stereocenters. The minimum atomic E-state index is -4.84. The highest BCUT2D eigenvalue weighted by Gasteiger charge is 2.33. The Morgan fingerprint density at radius 3 is 2.43 bits per heavy atom. The molecule has 0 spiro atoms. The SMILES string of the molecule is N[C@@H](CC(=O)N1CCCNC(=O)[C@H]1Cc1ccc(OC(F)(F)F)cc1)Cc1cc(F)c(F)cc1F. The molecule has 2 aromatic carbocycles. The molecular formula is C23H23F6N3O3. The van der Waals surface area contributed by atoms with Gasteiger partial charge in [-0.25, -0.2) is 13.2 Å². The molecule has 0 radical (unpaired) electrons. The van der Waals surface area contributed by atoms with Gasteiger partial charge < -0.3 is 20.7 Å². The molecule has 1 heterocycles. The normalized spacial score (nSPS) is 17.5. The van der Waals surface area contributed by atoms with Crippen LogP contribution >= 0.6 is 0 Å². The van der Waals surface area contributed by atoms with E-state index in [9.17, 15) is 35.9 Å². The van der Waals surface area contributed by atoms with Gasteiger partial charge >= 0.3 is 6.36 Å². The maximum atomic E-state index is 13.9. The second kappa shape index (κ2) is 11.0. The third-order valence-electron chi connectivity index (χ3n) is 5.47. The van der Waals surface area contributed by atoms with Crippen LogP contribution in [0.1, 0.15) is 24.0 Å². The molecule has 3 rings (SSSR count). The quantitative estimate of drug-likeness (QED) is 0.449. The summed E-state index contributed by atoms with van der Waals surface area (Å²) in [7, 11) is 0. The highest BCUT2D eigenvalue weighted by molar-refractivity contribution is 5.88. The predicted molar refractivity (Wildman–Crippen MR) is 113 cm³/mol. The molecule has 1 saturated heterocycles. The summed E-state index contributed by atoms with van der Waals surface area (Å²) in [5.41, 5.74) is 6.28. The van der Waals surface area contributed by atoms with Gasteiger partial charge in [0.15, 0.2) is 11.6 Å². The summed E-state index contributed by atoms with van der Waals surface area (Å²) in [5.74, 6) is -4.93. The summed E-state index contributed by atoms with van der Waals surface area (Å²) in [6.45, 7) is 0.535. The second-order valence-electron chi connectivity index (χ2n) is 8.17. The van der Waals surface area contributed by atoms with Crippen molar-refractivity contribution in [3.05, 3.63) is 65.0 Å². The number of hydrogen-bond donors (Lipinski definition) is 2. The highest BCUT2D eigenvalue weighted by Crippen LogP contribution is 2.24. The lowest BCUT2D eigenvalue weighted by atomic mass is 10.0. The van der Waals surface area contributed by atoms with Crippen LogP contribution < -0.4 is 15.8 Å². The summed E-state index contributed by atoms with van der Waals surface area (Å²) < 4.78 is 81.5. The molecule has 35 heavy (non-hydrogen) atoms. The minimum Gasteiger partial charge on any atom is -0.406 e. The zero-order valence-corrected chi connectivity index (χ0v) is 18.4. The van der Waals surface area contributed by atoms with Crippen LogP contribution in [0.2, 0.25) is 0 Å². The van der Waals surface area contributed by atoms with Gasteiger partial charge in [-0.3, -0.25) is 9.59 Å². The van der Waals surface area contributed by atoms with E-state index in [0.29, 0.717) is 30.7 Å². The molecule has 0 saturated carbocycles. The number of ether oxygens (including phenoxy) is 1. The molecule has 0 aromatic heterocycles. The number of amides is 2. The van der Waals surface area contributed by atoms with Gasteiger partial charge in [-0.1, -0.05) is 12.1 Å². The number of alkyl halides is 3. The molecule has 0 aliphatic carbocycles. The zero-order valence-electron chi connectivity index (χ0n) is 18.4. The summed E-state index contributed by atoms with van der Waals surface area (Å²) in [6, 6.07) is 4.13. The molecule has 2 aromatic rings. The third-order valence-corrected chi connectivity index (χ3v) is 5.47. The average molecular weight is 503 g/mol. The van der Waals surface area contributed by atoms with Gasteiger partial charge in [-0.05, 0) is 42.2 Å². The Bertz CT molecular complexity index is 1060. The van der Waals surface area contributed by atoms with Crippen molar-refractivity contribution in [2.24, 2.45) is 5.73 Å². The lowest BCUT2D eigenvalue weighted by Gasteiger charge is -2.29. The van der Waals surface area contributed by atoms with Crippen LogP contribution in [0.3, 0.4) is 0 Å². The summed E-state index contributed by atoms with van der Waals surface area (Å²) in [5, 5.41) is 2.69. The maximum absolute atomic E-state index is 13.9. The monoisotopic (exact) mass is 503 g/mol. The first-order valence-electron chi connectivity index (χ1n) is 10.7. The molecule has 6 nitrogen and oxygen atoms in total. The third kappa shape index (κ3) is 7.35. The van der Waals surface area contributed by atoms with Gasteiger partial charge in [0.25, 0.3) is 0 Å². The van der Waals surface area contributed by atoms with Crippen LogP contribution in [0.25, 0.3) is 0 Å². The summed E-state index contributed by atoms with van der Waals surface area (Å²) >= 11 is 0. The van der Waals surface area contributed by atoms with Crippen molar-refractivity contribution >= 4 is 11.8 Å². The fourth-order valence-electron chi connectivity index (χ4n) is 3.84. The number of halogens is 6. The van der Waals surface area contributed by atoms with E-state index in [1.165, 1.54) is 17.0 Å². The Hall–Kier alpha value is -3.28. The highest BCUT2D eigenvalue weighted by atomic mass is 19.4. The van der Waals surface area contributed by atoms with Crippen molar-refractivity contribution in [2.75, 3.05) is 13.1 Å². The van der Waals surface area contributed by atoms with E-state index in [-0.39, 0.29) is 31.4 Å². The van der Waals surface area contributed by atoms with Crippen LogP contribution in [0.4, 0.5) is 26.3 Å². The van der Waals surface area contributed by atoms with E-state index in [0.717, 1.165) is 12.1 Å². The van der Waals surface area contributed by atoms with E-state index in [1.807, 2.05) is 0 Å². The Labute approximate surface area is 197 Å². The van der Waals surface area contributed by atoms with Gasteiger partial charge in [0.05, 0.1) is 0 Å². The van der Waals surface area contributed by atoms with Crippen molar-refractivity contribution in [3.8, 4) is 5.75 Å². The molecule has 3 N–H and O–H groups in total. The standard InChI is InChI=1S/C23H23F6N3O3/c24-17-12-19(26)18(25)10-14(17)9-15(30)11-21(33)32-7-1-6-31-22(34)20(32)8-13-2-4-16(5-3-13)35-23(27,28)29/h2-5,10,12,15,20H,1,6-9,11,30H2,(H,31,34)/t15-,20-/m1/s1. The van der Waals surface area contributed by atoms with Gasteiger partial charge in [0.1, 0.15) is 17.6 Å². The first kappa shape index (κ1) is 26.3. The van der Waals surface area contributed by atoms with Crippen LogP contribution in [-0.4, -0.2) is 48.2 Å². The number of nitrogens with one attached hydrogen (secondary N) is 1. The Balaban J connectivity index is 1.70. The Morgan fingerprint density at radius 2 is 1.77 bits per heavy atom. The summed E-state index contributed by atoms with van der Waals surface area (Å²) in [4.78, 5) is 27.0. The van der Waals surface area contributed by atoms with E-state index in [4.69, 9.17) is 5.73 Å². The van der Waals surface area contributed by atoms with Gasteiger partial charge in [-0.2, -0.15) is 0 Å². The van der Waals surface area contributed by atoms with Crippen LogP contribution in [0.5, 0.6) is 5.75 Å². The number of nitrogens with two attached hydrogens (primary N) is 1. The van der Waals surface area contributed by atoms with Crippen LogP contribution in [0, 0.1) is 17.5 Å². The topological polar surface area (TPSA) is 84.7 Å². The zero-order chi connectivity index (χ0) is 25.8. The van der Waals surface area contributed by atoms with Crippen molar-refractivity contribution in [2.45, 2.75) is 44.1 Å². The van der Waals surface area contributed by atoms with E-state index < -0.39 is 53.5 Å². The van der Waals surface area contributed by atoms with E-state index >= 15 is 0 Å². The molecule has 12 heteroatoms. The van der Waals surface area contributed by atoms with E-state index in [2.05, 4.69) is 10.1 Å². The molecule has 0 bridgehead atoms. The fraction of sp³-hybridized carbons (Fsp3) is 0.391. The average Bonchev–Trinajstić information content (AvgIpc) is 2.94. The van der Waals surface area contributed by atoms with E-state index in [1.54, 1.807) is 0 Å². The minimum absolute atomic E-state index is 0.0247. The Morgan fingerprint density at radius 1 is 1.11 bits per heavy atom. The number of carbonyl (C=O) groups excluding carboxylic acids is 2. The predicted octanol–water partition coefficient (Wildman–Crippen LogP) is 3.22. The fourth-order valence-corrected chi connectivity index (χ4v) is 3.84. The molecule has 1 aliphatic rings. The smallest absolute Gasteiger partial charge is 0.406 e. The van der Waals surface area contributed by atoms with Crippen LogP contribution in [-0.2, 0) is 22.4 Å². The number of benzene rings is 2. The first-order chi connectivity index (χ1) is 16.4. The largest absolute Gasteiger partial charge is 0.573 e. The maximum Gasteiger partial charge on any atom is 0.573 e. The van der Waals surface area contributed by atoms with Crippen molar-refractivity contribution in [1.82, 2.24) is 10.2 Å². The van der Waals surface area contributed by atoms with Gasteiger partial charge in [-0.15, -0.1) is 13.2 Å². The first-order valence-corrected chi connectivity index (χ1v) is 10.7. The Kier molecular flexibility index (Phi) is 8.26. The van der Waals surface area contributed by atoms with Crippen molar-refractivity contribution in [1.29, 1.82) is 0 Å². The molecule has 1 aliphatic heterocycles. The number of hydrogen-bond acceptors (Lipinski definition) is 4. The van der Waals surface area contributed by atoms with Gasteiger partial charge in [0, 0.05) is 38.0 Å². The number of nitrogens with zero attached hydrogens (tertiary/aromatic N) is 1. The summed E-state index contributed by atoms with van der Waals surface area (Å²) in [6.07, 6.45) is -4.88. The van der Waals surface area contributed by atoms with Crippen molar-refractivity contribution in [3.63, 3.8) is 0 Å². The lowest BCUT2D eigenvalue weighted by Crippen LogP contribution is -2.49. The molecule has 190 valence electrons. The lowest BCUT2D eigenvalue weighted by molar-refractivity contribution is -0.274. The molecular weight excluding hydrogens is 480 g/mol. The molecule has 1 fully saturated rings. The van der Waals surface area contributed by atoms with Crippen molar-refractivity contribution < 1.29 is 40.7 Å². The molecule has 2 amide bonds. The van der Waals surface area contributed by atoms with Gasteiger partial charge in [0.2, 0.25) is 11.8 Å². The van der Waals surface area contributed by atoms with Crippen LogP contribution in [0.15, 0.2) is 36.4 Å².